The summed E-state index contributed by atoms with van der Waals surface area (Å²) in [5.41, 5.74) is 0. The summed E-state index contributed by atoms with van der Waals surface area (Å²) in [6.45, 7) is -0.200. The molecule has 98 valence electrons. The van der Waals surface area contributed by atoms with Gasteiger partial charge in [0.05, 0.1) is 0 Å². The second kappa shape index (κ2) is 5.30. The number of hydrogen-bond donors (Lipinski definition) is 2. The highest BCUT2D eigenvalue weighted by Gasteiger charge is 2.28. The first-order chi connectivity index (χ1) is 8.56. The van der Waals surface area contributed by atoms with Crippen LogP contribution in [0.5, 0.6) is 5.75 Å². The van der Waals surface area contributed by atoms with Crippen molar-refractivity contribution in [1.82, 2.24) is 5.32 Å². The fourth-order valence-corrected chi connectivity index (χ4v) is 1.49. The number of carbonyl (C=O) groups is 1. The van der Waals surface area contributed by atoms with Crippen molar-refractivity contribution in [2.45, 2.75) is 24.9 Å². The molecule has 1 aromatic rings. The Bertz CT molecular complexity index is 449. The van der Waals surface area contributed by atoms with E-state index in [1.165, 1.54) is 0 Å². The first-order valence-corrected chi connectivity index (χ1v) is 5.63. The molecule has 1 saturated carbocycles. The summed E-state index contributed by atoms with van der Waals surface area (Å²) in [5, 5.41) is 11.8. The lowest BCUT2D eigenvalue weighted by molar-refractivity contribution is -0.140. The zero-order valence-corrected chi connectivity index (χ0v) is 9.53. The number of hydrogen-bond acceptors (Lipinski definition) is 3. The third kappa shape index (κ3) is 3.40. The van der Waals surface area contributed by atoms with Crippen molar-refractivity contribution in [1.29, 1.82) is 0 Å². The predicted molar refractivity (Wildman–Crippen MR) is 59.4 cm³/mol. The normalized spacial score (nSPS) is 16.3. The van der Waals surface area contributed by atoms with Crippen LogP contribution >= 0.6 is 0 Å². The number of ether oxygens (including phenoxy) is 1. The van der Waals surface area contributed by atoms with Gasteiger partial charge in [0.25, 0.3) is 0 Å². The SMILES string of the molecule is O=C(O)C(COc1ccc(F)cc1F)NC1CC1. The first kappa shape index (κ1) is 12.8. The van der Waals surface area contributed by atoms with Crippen LogP contribution in [0.2, 0.25) is 0 Å². The van der Waals surface area contributed by atoms with Crippen LogP contribution in [-0.4, -0.2) is 29.8 Å². The molecule has 6 heteroatoms. The van der Waals surface area contributed by atoms with Crippen molar-refractivity contribution < 1.29 is 23.4 Å². The number of aliphatic carboxylic acids is 1. The Kier molecular flexibility index (Phi) is 3.76. The first-order valence-electron chi connectivity index (χ1n) is 5.63. The number of nitrogens with one attached hydrogen (secondary N) is 1. The number of halogens is 2. The summed E-state index contributed by atoms with van der Waals surface area (Å²) in [6.07, 6.45) is 1.88. The Hall–Kier alpha value is -1.69. The summed E-state index contributed by atoms with van der Waals surface area (Å²) in [7, 11) is 0. The molecule has 2 rings (SSSR count). The minimum absolute atomic E-state index is 0.153. The van der Waals surface area contributed by atoms with Crippen LogP contribution in [0.25, 0.3) is 0 Å². The van der Waals surface area contributed by atoms with Gasteiger partial charge in [-0.15, -0.1) is 0 Å². The van der Waals surface area contributed by atoms with E-state index in [9.17, 15) is 13.6 Å². The molecule has 0 bridgehead atoms. The Morgan fingerprint density at radius 2 is 2.22 bits per heavy atom. The van der Waals surface area contributed by atoms with Gasteiger partial charge >= 0.3 is 5.97 Å². The monoisotopic (exact) mass is 257 g/mol. The zero-order valence-electron chi connectivity index (χ0n) is 9.53. The molecule has 18 heavy (non-hydrogen) atoms. The third-order valence-electron chi connectivity index (χ3n) is 2.61. The van der Waals surface area contributed by atoms with Crippen molar-refractivity contribution in [3.8, 4) is 5.75 Å². The minimum atomic E-state index is -1.05. The van der Waals surface area contributed by atoms with Crippen molar-refractivity contribution >= 4 is 5.97 Å². The van der Waals surface area contributed by atoms with Crippen LogP contribution in [0.4, 0.5) is 8.78 Å². The molecule has 4 nitrogen and oxygen atoms in total. The van der Waals surface area contributed by atoms with Crippen LogP contribution in [-0.2, 0) is 4.79 Å². The van der Waals surface area contributed by atoms with E-state index < -0.39 is 23.6 Å². The summed E-state index contributed by atoms with van der Waals surface area (Å²) in [5.74, 6) is -2.75. The number of rotatable bonds is 6. The molecule has 1 aromatic carbocycles. The van der Waals surface area contributed by atoms with Crippen molar-refractivity contribution in [3.63, 3.8) is 0 Å². The van der Waals surface area contributed by atoms with Gasteiger partial charge in [-0.3, -0.25) is 10.1 Å². The lowest BCUT2D eigenvalue weighted by atomic mass is 10.3. The number of carboxylic acid groups (broad SMARTS) is 1. The Labute approximate surface area is 103 Å². The highest BCUT2D eigenvalue weighted by Crippen LogP contribution is 2.21. The van der Waals surface area contributed by atoms with Crippen LogP contribution < -0.4 is 10.1 Å². The average Bonchev–Trinajstić information content (AvgIpc) is 3.09. The molecular weight excluding hydrogens is 244 g/mol. The maximum Gasteiger partial charge on any atom is 0.324 e. The highest BCUT2D eigenvalue weighted by atomic mass is 19.1. The zero-order chi connectivity index (χ0) is 13.1. The molecule has 0 heterocycles. The maximum absolute atomic E-state index is 13.2. The summed E-state index contributed by atoms with van der Waals surface area (Å²) in [4.78, 5) is 10.9. The molecule has 1 aliphatic rings. The maximum atomic E-state index is 13.2. The summed E-state index contributed by atoms with van der Waals surface area (Å²) < 4.78 is 31.0. The largest absolute Gasteiger partial charge is 0.488 e. The Balaban J connectivity index is 1.93. The van der Waals surface area contributed by atoms with Gasteiger partial charge < -0.3 is 9.84 Å². The predicted octanol–water partition coefficient (Wildman–Crippen LogP) is 1.55. The number of carboxylic acids is 1. The molecule has 0 spiro atoms. The van der Waals surface area contributed by atoms with Crippen LogP contribution in [0, 0.1) is 11.6 Å². The molecule has 0 saturated heterocycles. The topological polar surface area (TPSA) is 58.6 Å². The van der Waals surface area contributed by atoms with E-state index in [1.54, 1.807) is 0 Å². The Morgan fingerprint density at radius 3 is 2.78 bits per heavy atom. The van der Waals surface area contributed by atoms with E-state index in [0.29, 0.717) is 6.07 Å². The molecular formula is C12H13F2NO3. The van der Waals surface area contributed by atoms with Crippen LogP contribution in [0.1, 0.15) is 12.8 Å². The molecule has 0 aliphatic heterocycles. The van der Waals surface area contributed by atoms with Gasteiger partial charge in [-0.05, 0) is 25.0 Å². The van der Waals surface area contributed by atoms with Gasteiger partial charge in [-0.1, -0.05) is 0 Å². The van der Waals surface area contributed by atoms with Gasteiger partial charge in [0.1, 0.15) is 18.5 Å². The fraction of sp³-hybridized carbons (Fsp3) is 0.417. The van der Waals surface area contributed by atoms with E-state index in [-0.39, 0.29) is 18.4 Å². The van der Waals surface area contributed by atoms with Crippen molar-refractivity contribution in [2.24, 2.45) is 0 Å². The summed E-state index contributed by atoms with van der Waals surface area (Å²) in [6, 6.07) is 2.21. The Morgan fingerprint density at radius 1 is 1.50 bits per heavy atom. The number of benzene rings is 1. The third-order valence-corrected chi connectivity index (χ3v) is 2.61. The minimum Gasteiger partial charge on any atom is -0.488 e. The van der Waals surface area contributed by atoms with E-state index in [1.807, 2.05) is 0 Å². The van der Waals surface area contributed by atoms with Crippen LogP contribution in [0.15, 0.2) is 18.2 Å². The highest BCUT2D eigenvalue weighted by molar-refractivity contribution is 5.73. The molecule has 2 N–H and O–H groups in total. The molecule has 1 aliphatic carbocycles. The van der Waals surface area contributed by atoms with Gasteiger partial charge in [0.15, 0.2) is 11.6 Å². The van der Waals surface area contributed by atoms with E-state index >= 15 is 0 Å². The van der Waals surface area contributed by atoms with Crippen molar-refractivity contribution in [2.75, 3.05) is 6.61 Å². The van der Waals surface area contributed by atoms with E-state index in [0.717, 1.165) is 25.0 Å². The molecule has 0 amide bonds. The molecule has 1 unspecified atom stereocenters. The summed E-state index contributed by atoms with van der Waals surface area (Å²) >= 11 is 0. The van der Waals surface area contributed by atoms with Crippen molar-refractivity contribution in [3.05, 3.63) is 29.8 Å². The standard InChI is InChI=1S/C12H13F2NO3/c13-7-1-4-11(9(14)5-7)18-6-10(12(16)17)15-8-2-3-8/h1,4-5,8,10,15H,2-3,6H2,(H,16,17). The lowest BCUT2D eigenvalue weighted by Crippen LogP contribution is -2.42. The quantitative estimate of drug-likeness (QED) is 0.811. The smallest absolute Gasteiger partial charge is 0.324 e. The van der Waals surface area contributed by atoms with Gasteiger partial charge in [-0.2, -0.15) is 0 Å². The van der Waals surface area contributed by atoms with E-state index in [2.05, 4.69) is 5.32 Å². The molecule has 0 radical (unpaired) electrons. The van der Waals surface area contributed by atoms with Gasteiger partial charge in [0.2, 0.25) is 0 Å². The van der Waals surface area contributed by atoms with Gasteiger partial charge in [-0.25, -0.2) is 8.78 Å². The van der Waals surface area contributed by atoms with Gasteiger partial charge in [0, 0.05) is 12.1 Å². The second-order valence-electron chi connectivity index (χ2n) is 4.22. The second-order valence-corrected chi connectivity index (χ2v) is 4.22. The molecule has 0 aromatic heterocycles. The molecule has 1 fully saturated rings. The van der Waals surface area contributed by atoms with E-state index in [4.69, 9.17) is 9.84 Å². The molecule has 1 atom stereocenters. The fourth-order valence-electron chi connectivity index (χ4n) is 1.49. The van der Waals surface area contributed by atoms with Crippen LogP contribution in [0.3, 0.4) is 0 Å². The average molecular weight is 257 g/mol. The lowest BCUT2D eigenvalue weighted by Gasteiger charge is -2.15.